The average molecular weight is 384 g/mol. The van der Waals surface area contributed by atoms with E-state index in [0.717, 1.165) is 55.7 Å². The molecule has 0 spiro atoms. The van der Waals surface area contributed by atoms with E-state index in [0.29, 0.717) is 12.5 Å². The van der Waals surface area contributed by atoms with Gasteiger partial charge in [0.2, 0.25) is 5.89 Å². The van der Waals surface area contributed by atoms with Crippen LogP contribution in [-0.2, 0) is 6.42 Å². The van der Waals surface area contributed by atoms with Gasteiger partial charge >= 0.3 is 0 Å². The molecule has 4 atom stereocenters. The van der Waals surface area contributed by atoms with Gasteiger partial charge in [-0.15, -0.1) is 0 Å². The molecule has 7 heteroatoms. The van der Waals surface area contributed by atoms with Crippen molar-refractivity contribution in [2.75, 3.05) is 33.3 Å². The number of rotatable bonds is 5. The van der Waals surface area contributed by atoms with E-state index in [4.69, 9.17) is 19.0 Å². The molecule has 2 aromatic rings. The lowest BCUT2D eigenvalue weighted by atomic mass is 10.0. The Morgan fingerprint density at radius 2 is 2.21 bits per heavy atom. The van der Waals surface area contributed by atoms with Gasteiger partial charge < -0.3 is 19.3 Å². The molecule has 1 saturated heterocycles. The second-order valence-electron chi connectivity index (χ2n) is 8.20. The van der Waals surface area contributed by atoms with Crippen LogP contribution in [0.15, 0.2) is 16.7 Å². The van der Waals surface area contributed by atoms with E-state index in [1.165, 1.54) is 11.1 Å². The smallest absolute Gasteiger partial charge is 0.230 e. The van der Waals surface area contributed by atoms with Crippen molar-refractivity contribution in [3.05, 3.63) is 35.0 Å². The Morgan fingerprint density at radius 3 is 3.04 bits per heavy atom. The molecule has 1 aromatic heterocycles. The van der Waals surface area contributed by atoms with Crippen LogP contribution in [-0.4, -0.2) is 54.4 Å². The van der Waals surface area contributed by atoms with Gasteiger partial charge in [0.05, 0.1) is 12.6 Å². The minimum Gasteiger partial charge on any atom is -0.494 e. The average Bonchev–Trinajstić information content (AvgIpc) is 3.15. The number of ether oxygens (including phenoxy) is 2. The molecule has 150 valence electrons. The number of piperazine rings is 1. The number of hydrogen-bond acceptors (Lipinski definition) is 7. The molecule has 5 rings (SSSR count). The molecule has 0 radical (unpaired) electrons. The first-order valence-corrected chi connectivity index (χ1v) is 10.3. The highest BCUT2D eigenvalue weighted by Gasteiger charge is 2.46. The summed E-state index contributed by atoms with van der Waals surface area (Å²) in [5, 5.41) is 7.69. The summed E-state index contributed by atoms with van der Waals surface area (Å²) < 4.78 is 17.6. The third kappa shape index (κ3) is 3.16. The van der Waals surface area contributed by atoms with Crippen molar-refractivity contribution in [2.45, 2.75) is 50.7 Å². The van der Waals surface area contributed by atoms with Crippen LogP contribution in [0, 0.1) is 0 Å². The van der Waals surface area contributed by atoms with E-state index >= 15 is 0 Å². The topological polar surface area (TPSA) is 72.7 Å². The van der Waals surface area contributed by atoms with E-state index < -0.39 is 0 Å². The Hall–Kier alpha value is -2.12. The van der Waals surface area contributed by atoms with Crippen LogP contribution in [0.3, 0.4) is 0 Å². The molecule has 1 saturated carbocycles. The van der Waals surface area contributed by atoms with E-state index in [-0.39, 0.29) is 18.1 Å². The molecule has 1 N–H and O–H groups in total. The normalized spacial score (nSPS) is 29.4. The highest BCUT2D eigenvalue weighted by Crippen LogP contribution is 2.57. The Kier molecular flexibility index (Phi) is 4.51. The van der Waals surface area contributed by atoms with Crippen molar-refractivity contribution in [3.8, 4) is 11.5 Å². The van der Waals surface area contributed by atoms with Crippen LogP contribution in [0.5, 0.6) is 11.5 Å². The summed E-state index contributed by atoms with van der Waals surface area (Å²) >= 11 is 0. The van der Waals surface area contributed by atoms with Gasteiger partial charge in [-0.25, -0.2) is 0 Å². The van der Waals surface area contributed by atoms with Gasteiger partial charge in [0.1, 0.15) is 17.6 Å². The molecule has 4 unspecified atom stereocenters. The molecular formula is C21H28N4O3. The van der Waals surface area contributed by atoms with Gasteiger partial charge in [0.15, 0.2) is 5.82 Å². The fourth-order valence-corrected chi connectivity index (χ4v) is 4.46. The Labute approximate surface area is 165 Å². The summed E-state index contributed by atoms with van der Waals surface area (Å²) in [6, 6.07) is 4.51. The lowest BCUT2D eigenvalue weighted by molar-refractivity contribution is 0.190. The molecule has 3 aliphatic rings. The summed E-state index contributed by atoms with van der Waals surface area (Å²) in [6.45, 7) is 7.65. The van der Waals surface area contributed by atoms with Gasteiger partial charge in [-0.05, 0) is 39.4 Å². The molecule has 28 heavy (non-hydrogen) atoms. The number of likely N-dealkylation sites (N-methyl/N-ethyl adjacent to an activating group) is 1. The van der Waals surface area contributed by atoms with Crippen molar-refractivity contribution >= 4 is 0 Å². The summed E-state index contributed by atoms with van der Waals surface area (Å²) in [6.07, 6.45) is 2.18. The molecule has 2 fully saturated rings. The van der Waals surface area contributed by atoms with Crippen molar-refractivity contribution in [2.24, 2.45) is 0 Å². The van der Waals surface area contributed by atoms with Crippen molar-refractivity contribution in [1.82, 2.24) is 20.4 Å². The second kappa shape index (κ2) is 7.04. The van der Waals surface area contributed by atoms with Gasteiger partial charge in [0.25, 0.3) is 0 Å². The number of fused-ring (bicyclic) bond motifs is 1. The number of benzene rings is 1. The first kappa shape index (κ1) is 17.9. The molecule has 3 heterocycles. The Bertz CT molecular complexity index is 867. The monoisotopic (exact) mass is 384 g/mol. The van der Waals surface area contributed by atoms with Crippen LogP contribution in [0.1, 0.15) is 61.0 Å². The van der Waals surface area contributed by atoms with Gasteiger partial charge in [0, 0.05) is 49.0 Å². The van der Waals surface area contributed by atoms with E-state index in [1.54, 1.807) is 0 Å². The molecule has 1 aliphatic carbocycles. The SMILES string of the molecule is CCOc1cc2c(cc1C1CC1c1nc(C3CNCCN3C)no1)OC(C)C2. The first-order valence-electron chi connectivity index (χ1n) is 10.3. The molecule has 7 nitrogen and oxygen atoms in total. The van der Waals surface area contributed by atoms with Crippen molar-refractivity contribution in [3.63, 3.8) is 0 Å². The van der Waals surface area contributed by atoms with Gasteiger partial charge in [-0.2, -0.15) is 4.98 Å². The maximum absolute atomic E-state index is 5.98. The van der Waals surface area contributed by atoms with E-state index in [1.807, 2.05) is 6.92 Å². The first-order chi connectivity index (χ1) is 13.6. The van der Waals surface area contributed by atoms with Gasteiger partial charge in [-0.3, -0.25) is 4.90 Å². The van der Waals surface area contributed by atoms with E-state index in [2.05, 4.69) is 41.5 Å². The molecule has 2 aliphatic heterocycles. The number of nitrogens with zero attached hydrogens (tertiary/aromatic N) is 3. The van der Waals surface area contributed by atoms with Crippen molar-refractivity contribution < 1.29 is 14.0 Å². The van der Waals surface area contributed by atoms with Gasteiger partial charge in [-0.1, -0.05) is 5.16 Å². The third-order valence-corrected chi connectivity index (χ3v) is 6.10. The summed E-state index contributed by atoms with van der Waals surface area (Å²) in [4.78, 5) is 7.03. The van der Waals surface area contributed by atoms with Crippen LogP contribution >= 0.6 is 0 Å². The lowest BCUT2D eigenvalue weighted by Crippen LogP contribution is -2.44. The third-order valence-electron chi connectivity index (χ3n) is 6.10. The highest BCUT2D eigenvalue weighted by atomic mass is 16.5. The molecule has 1 aromatic carbocycles. The highest BCUT2D eigenvalue weighted by molar-refractivity contribution is 5.52. The van der Waals surface area contributed by atoms with Crippen LogP contribution < -0.4 is 14.8 Å². The van der Waals surface area contributed by atoms with Crippen LogP contribution in [0.25, 0.3) is 0 Å². The lowest BCUT2D eigenvalue weighted by Gasteiger charge is -2.30. The molecular weight excluding hydrogens is 356 g/mol. The largest absolute Gasteiger partial charge is 0.494 e. The predicted octanol–water partition coefficient (Wildman–Crippen LogP) is 2.64. The van der Waals surface area contributed by atoms with Crippen LogP contribution in [0.4, 0.5) is 0 Å². The zero-order valence-corrected chi connectivity index (χ0v) is 16.8. The second-order valence-corrected chi connectivity index (χ2v) is 8.20. The minimum atomic E-state index is 0.178. The van der Waals surface area contributed by atoms with E-state index in [9.17, 15) is 0 Å². The summed E-state index contributed by atoms with van der Waals surface area (Å²) in [7, 11) is 2.11. The maximum atomic E-state index is 5.98. The minimum absolute atomic E-state index is 0.178. The predicted molar refractivity (Wildman–Crippen MR) is 104 cm³/mol. The number of nitrogens with one attached hydrogen (secondary N) is 1. The number of hydrogen-bond donors (Lipinski definition) is 1. The molecule has 0 bridgehead atoms. The quantitative estimate of drug-likeness (QED) is 0.849. The Balaban J connectivity index is 1.37. The zero-order chi connectivity index (χ0) is 19.3. The maximum Gasteiger partial charge on any atom is 0.230 e. The van der Waals surface area contributed by atoms with Crippen LogP contribution in [0.2, 0.25) is 0 Å². The Morgan fingerprint density at radius 1 is 1.32 bits per heavy atom. The zero-order valence-electron chi connectivity index (χ0n) is 16.8. The van der Waals surface area contributed by atoms with Crippen molar-refractivity contribution in [1.29, 1.82) is 0 Å². The number of aromatic nitrogens is 2. The standard InChI is InChI=1S/C21H28N4O3/c1-4-26-19-8-13-7-12(2)27-18(13)10-15(19)14-9-16(14)21-23-20(24-28-21)17-11-22-5-6-25(17)3/h8,10,12,14,16-17,22H,4-7,9,11H2,1-3H3. The fraction of sp³-hybridized carbons (Fsp3) is 0.619. The molecule has 0 amide bonds. The summed E-state index contributed by atoms with van der Waals surface area (Å²) in [5.74, 6) is 4.11. The fourth-order valence-electron chi connectivity index (χ4n) is 4.46. The summed E-state index contributed by atoms with van der Waals surface area (Å²) in [5.41, 5.74) is 2.45.